The molecule has 172 valence electrons. The lowest BCUT2D eigenvalue weighted by atomic mass is 10.1. The van der Waals surface area contributed by atoms with Gasteiger partial charge < -0.3 is 33.3 Å². The minimum absolute atomic E-state index is 0.0516. The summed E-state index contributed by atoms with van der Waals surface area (Å²) in [7, 11) is 5.93. The Morgan fingerprint density at radius 2 is 1.56 bits per heavy atom. The van der Waals surface area contributed by atoms with Gasteiger partial charge in [-0.3, -0.25) is 9.59 Å². The summed E-state index contributed by atoms with van der Waals surface area (Å²) >= 11 is -1.44. The highest BCUT2D eigenvalue weighted by Gasteiger charge is 2.16. The summed E-state index contributed by atoms with van der Waals surface area (Å²) in [6.07, 6.45) is 0.845. The number of aliphatic carboxylic acids is 1. The first-order valence-corrected chi connectivity index (χ1v) is 10.6. The van der Waals surface area contributed by atoms with E-state index in [9.17, 15) is 14.1 Å². The van der Waals surface area contributed by atoms with Gasteiger partial charge in [0.1, 0.15) is 34.8 Å². The summed E-state index contributed by atoms with van der Waals surface area (Å²) in [4.78, 5) is 22.4. The van der Waals surface area contributed by atoms with E-state index in [2.05, 4.69) is 0 Å². The van der Waals surface area contributed by atoms with Crippen molar-refractivity contribution >= 4 is 29.2 Å². The lowest BCUT2D eigenvalue weighted by Crippen LogP contribution is -2.14. The number of hydrogen-bond donors (Lipinski definition) is 1. The number of ether oxygens (including phenoxy) is 5. The van der Waals surface area contributed by atoms with Gasteiger partial charge in [0.15, 0.2) is 11.5 Å². The lowest BCUT2D eigenvalue weighted by molar-refractivity contribution is -0.145. The molecule has 0 spiro atoms. The molecule has 2 aromatic carbocycles. The standard InChI is InChI=1S/C22H24O9S/c1-27-15-10-18(29-3)16(19(11-15)30-4)7-8-32(26)13-14-5-6-17(28-2)20(9-14)31-22(25)12-21(23)24/h5-11H,12-13H2,1-4H3,(H,23,24). The van der Waals surface area contributed by atoms with Gasteiger partial charge in [-0.25, -0.2) is 0 Å². The van der Waals surface area contributed by atoms with E-state index in [4.69, 9.17) is 28.8 Å². The third kappa shape index (κ3) is 6.82. The summed E-state index contributed by atoms with van der Waals surface area (Å²) in [5.74, 6) is -0.283. The van der Waals surface area contributed by atoms with Crippen LogP contribution in [-0.4, -0.2) is 50.0 Å². The van der Waals surface area contributed by atoms with Crippen LogP contribution in [0.4, 0.5) is 0 Å². The van der Waals surface area contributed by atoms with Crippen molar-refractivity contribution in [3.05, 3.63) is 46.9 Å². The molecule has 0 aliphatic rings. The quantitative estimate of drug-likeness (QED) is 0.231. The molecule has 0 amide bonds. The molecule has 0 saturated heterocycles. The number of benzene rings is 2. The van der Waals surface area contributed by atoms with Crippen molar-refractivity contribution in [2.75, 3.05) is 28.4 Å². The van der Waals surface area contributed by atoms with E-state index < -0.39 is 29.5 Å². The van der Waals surface area contributed by atoms with Crippen LogP contribution in [0.2, 0.25) is 0 Å². The Bertz CT molecular complexity index is 962. The third-order valence-corrected chi connectivity index (χ3v) is 5.25. The molecular formula is C22H24O9S. The Morgan fingerprint density at radius 3 is 2.09 bits per heavy atom. The normalized spacial score (nSPS) is 11.7. The third-order valence-electron chi connectivity index (χ3n) is 4.20. The first kappa shape index (κ1) is 24.9. The lowest BCUT2D eigenvalue weighted by Gasteiger charge is -2.13. The summed E-state index contributed by atoms with van der Waals surface area (Å²) in [6, 6.07) is 8.08. The Morgan fingerprint density at radius 1 is 0.938 bits per heavy atom. The minimum Gasteiger partial charge on any atom is -0.612 e. The second-order valence-corrected chi connectivity index (χ2v) is 7.63. The molecule has 0 aliphatic heterocycles. The maximum absolute atomic E-state index is 12.6. The molecule has 0 bridgehead atoms. The van der Waals surface area contributed by atoms with Crippen molar-refractivity contribution < 1.29 is 42.9 Å². The van der Waals surface area contributed by atoms with E-state index in [0.29, 0.717) is 28.4 Å². The number of carboxylic acids is 1. The zero-order valence-electron chi connectivity index (χ0n) is 18.1. The van der Waals surface area contributed by atoms with Crippen LogP contribution in [0, 0.1) is 0 Å². The SMILES string of the molecule is COc1cc(OC)c(C=C[S+]([O-])Cc2ccc(OC)c(OC(=O)CC(=O)O)c2)c(OC)c1. The van der Waals surface area contributed by atoms with Crippen molar-refractivity contribution in [2.24, 2.45) is 0 Å². The van der Waals surface area contributed by atoms with Crippen LogP contribution in [0.3, 0.4) is 0 Å². The maximum Gasteiger partial charge on any atom is 0.322 e. The fourth-order valence-electron chi connectivity index (χ4n) is 2.73. The predicted molar refractivity (Wildman–Crippen MR) is 118 cm³/mol. The Hall–Kier alpha value is -3.37. The Labute approximate surface area is 188 Å². The van der Waals surface area contributed by atoms with Gasteiger partial charge in [-0.1, -0.05) is 6.07 Å². The second kappa shape index (κ2) is 11.9. The molecule has 32 heavy (non-hydrogen) atoms. The molecule has 1 unspecified atom stereocenters. The molecule has 0 aromatic heterocycles. The molecule has 0 saturated carbocycles. The van der Waals surface area contributed by atoms with Crippen molar-refractivity contribution in [3.8, 4) is 28.7 Å². The molecule has 0 radical (unpaired) electrons. The van der Waals surface area contributed by atoms with Crippen molar-refractivity contribution in [1.82, 2.24) is 0 Å². The highest BCUT2D eigenvalue weighted by Crippen LogP contribution is 2.35. The highest BCUT2D eigenvalue weighted by atomic mass is 32.2. The summed E-state index contributed by atoms with van der Waals surface area (Å²) < 4.78 is 38.8. The van der Waals surface area contributed by atoms with Gasteiger partial charge >= 0.3 is 11.9 Å². The van der Waals surface area contributed by atoms with E-state index in [1.54, 1.807) is 30.3 Å². The fraction of sp³-hybridized carbons (Fsp3) is 0.273. The van der Waals surface area contributed by atoms with Crippen molar-refractivity contribution in [1.29, 1.82) is 0 Å². The summed E-state index contributed by atoms with van der Waals surface area (Å²) in [5.41, 5.74) is 1.20. The molecule has 0 fully saturated rings. The topological polar surface area (TPSA) is 124 Å². The molecule has 9 nitrogen and oxygen atoms in total. The molecule has 1 atom stereocenters. The monoisotopic (exact) mass is 464 g/mol. The number of hydrogen-bond acceptors (Lipinski definition) is 8. The van der Waals surface area contributed by atoms with E-state index in [0.717, 1.165) is 0 Å². The van der Waals surface area contributed by atoms with Gasteiger partial charge in [-0.05, 0) is 23.3 Å². The van der Waals surface area contributed by atoms with Gasteiger partial charge in [-0.15, -0.1) is 0 Å². The van der Waals surface area contributed by atoms with Crippen LogP contribution in [-0.2, 0) is 26.5 Å². The number of carbonyl (C=O) groups is 2. The van der Waals surface area contributed by atoms with Crippen molar-refractivity contribution in [2.45, 2.75) is 12.2 Å². The van der Waals surface area contributed by atoms with Crippen LogP contribution in [0.1, 0.15) is 17.5 Å². The Kier molecular flexibility index (Phi) is 9.23. The van der Waals surface area contributed by atoms with E-state index >= 15 is 0 Å². The zero-order valence-corrected chi connectivity index (χ0v) is 18.9. The molecule has 0 aliphatic carbocycles. The minimum atomic E-state index is -1.44. The largest absolute Gasteiger partial charge is 0.612 e. The summed E-state index contributed by atoms with van der Waals surface area (Å²) in [6.45, 7) is 0. The molecule has 1 N–H and O–H groups in total. The number of esters is 1. The van der Waals surface area contributed by atoms with Gasteiger partial charge in [0.05, 0.1) is 34.0 Å². The van der Waals surface area contributed by atoms with E-state index in [1.165, 1.54) is 39.9 Å². The average molecular weight is 464 g/mol. The number of carboxylic acid groups (broad SMARTS) is 1. The predicted octanol–water partition coefficient (Wildman–Crippen LogP) is 3.02. The number of methoxy groups -OCH3 is 4. The van der Waals surface area contributed by atoms with E-state index in [1.807, 2.05) is 0 Å². The zero-order chi connectivity index (χ0) is 23.7. The molecule has 2 aromatic rings. The molecule has 2 rings (SSSR count). The molecular weight excluding hydrogens is 440 g/mol. The first-order valence-electron chi connectivity index (χ1n) is 9.26. The summed E-state index contributed by atoms with van der Waals surface area (Å²) in [5, 5.41) is 10.2. The van der Waals surface area contributed by atoms with Gasteiger partial charge in [0, 0.05) is 23.8 Å². The Balaban J connectivity index is 2.20. The molecule has 10 heteroatoms. The van der Waals surface area contributed by atoms with Gasteiger partial charge in [0.2, 0.25) is 0 Å². The van der Waals surface area contributed by atoms with Crippen LogP contribution in [0.5, 0.6) is 28.7 Å². The smallest absolute Gasteiger partial charge is 0.322 e. The van der Waals surface area contributed by atoms with E-state index in [-0.39, 0.29) is 17.3 Å². The van der Waals surface area contributed by atoms with Gasteiger partial charge in [0.25, 0.3) is 0 Å². The van der Waals surface area contributed by atoms with Crippen LogP contribution in [0.25, 0.3) is 6.08 Å². The van der Waals surface area contributed by atoms with Crippen LogP contribution in [0.15, 0.2) is 35.7 Å². The fourth-order valence-corrected chi connectivity index (χ4v) is 3.62. The van der Waals surface area contributed by atoms with Crippen LogP contribution < -0.4 is 23.7 Å². The highest BCUT2D eigenvalue weighted by molar-refractivity contribution is 7.93. The number of rotatable bonds is 11. The average Bonchev–Trinajstić information content (AvgIpc) is 2.76. The van der Waals surface area contributed by atoms with Crippen LogP contribution >= 0.6 is 0 Å². The maximum atomic E-state index is 12.6. The number of carbonyl (C=O) groups excluding carboxylic acids is 1. The molecule has 0 heterocycles. The second-order valence-electron chi connectivity index (χ2n) is 6.30. The van der Waals surface area contributed by atoms with Crippen molar-refractivity contribution in [3.63, 3.8) is 0 Å². The van der Waals surface area contributed by atoms with Gasteiger partial charge in [-0.2, -0.15) is 0 Å². The first-order chi connectivity index (χ1) is 15.3.